The Kier molecular flexibility index (Phi) is 4.76. The van der Waals surface area contributed by atoms with Crippen molar-refractivity contribution in [3.8, 4) is 0 Å². The fraction of sp³-hybridized carbons (Fsp3) is 0.846. The molecule has 0 aromatic rings. The molecule has 1 aliphatic carbocycles. The molecule has 2 atom stereocenters. The van der Waals surface area contributed by atoms with Gasteiger partial charge in [0.25, 0.3) is 0 Å². The van der Waals surface area contributed by atoms with Crippen LogP contribution >= 0.6 is 0 Å². The number of hydrogen-bond acceptors (Lipinski definition) is 4. The predicted octanol–water partition coefficient (Wildman–Crippen LogP) is -0.867. The first-order valence-electron chi connectivity index (χ1n) is 7.13. The second kappa shape index (κ2) is 6.34. The molecule has 1 aliphatic heterocycles. The van der Waals surface area contributed by atoms with E-state index < -0.39 is 0 Å². The molecule has 0 aromatic heterocycles. The Labute approximate surface area is 114 Å². The zero-order valence-corrected chi connectivity index (χ0v) is 11.4. The molecule has 2 amide bonds. The van der Waals surface area contributed by atoms with Gasteiger partial charge in [-0.15, -0.1) is 0 Å². The largest absolute Gasteiger partial charge is 0.369 e. The molecular weight excluding hydrogens is 244 g/mol. The van der Waals surface area contributed by atoms with Gasteiger partial charge in [-0.2, -0.15) is 0 Å². The van der Waals surface area contributed by atoms with Crippen molar-refractivity contribution in [3.63, 3.8) is 0 Å². The van der Waals surface area contributed by atoms with Crippen LogP contribution in [0.4, 0.5) is 0 Å². The smallest absolute Gasteiger partial charge is 0.231 e. The second-order valence-corrected chi connectivity index (χ2v) is 5.62. The molecule has 0 aromatic carbocycles. The fourth-order valence-corrected chi connectivity index (χ4v) is 3.10. The van der Waals surface area contributed by atoms with Crippen molar-refractivity contribution in [1.29, 1.82) is 0 Å². The lowest BCUT2D eigenvalue weighted by Crippen LogP contribution is -2.43. The quantitative estimate of drug-likeness (QED) is 0.696. The van der Waals surface area contributed by atoms with E-state index in [9.17, 15) is 9.59 Å². The van der Waals surface area contributed by atoms with Gasteiger partial charge in [0, 0.05) is 32.2 Å². The van der Waals surface area contributed by atoms with Crippen molar-refractivity contribution in [2.45, 2.75) is 31.7 Å². The lowest BCUT2D eigenvalue weighted by Gasteiger charge is -2.26. The summed E-state index contributed by atoms with van der Waals surface area (Å²) in [6.07, 6.45) is 3.82. The number of primary amides is 1. The fourth-order valence-electron chi connectivity index (χ4n) is 3.10. The average molecular weight is 268 g/mol. The first-order valence-corrected chi connectivity index (χ1v) is 7.13. The highest BCUT2D eigenvalue weighted by Gasteiger charge is 2.33. The van der Waals surface area contributed by atoms with E-state index in [-0.39, 0.29) is 30.3 Å². The minimum atomic E-state index is -0.308. The van der Waals surface area contributed by atoms with Gasteiger partial charge in [-0.1, -0.05) is 6.42 Å². The number of carbonyl (C=O) groups excluding carboxylic acids is 2. The summed E-state index contributed by atoms with van der Waals surface area (Å²) >= 11 is 0. The third-order valence-corrected chi connectivity index (χ3v) is 4.17. The zero-order chi connectivity index (χ0) is 13.8. The number of carbonyl (C=O) groups is 2. The van der Waals surface area contributed by atoms with Gasteiger partial charge in [0.15, 0.2) is 0 Å². The van der Waals surface area contributed by atoms with Crippen molar-refractivity contribution in [2.24, 2.45) is 17.4 Å². The minimum absolute atomic E-state index is 0.00249. The Hall–Kier alpha value is -1.14. The summed E-state index contributed by atoms with van der Waals surface area (Å²) in [7, 11) is 0. The van der Waals surface area contributed by atoms with E-state index >= 15 is 0 Å². The molecule has 1 heterocycles. The van der Waals surface area contributed by atoms with E-state index in [0.29, 0.717) is 6.54 Å². The highest BCUT2D eigenvalue weighted by atomic mass is 16.2. The molecule has 19 heavy (non-hydrogen) atoms. The van der Waals surface area contributed by atoms with Crippen molar-refractivity contribution >= 4 is 11.8 Å². The summed E-state index contributed by atoms with van der Waals surface area (Å²) in [5.74, 6) is -0.105. The molecule has 108 valence electrons. The number of nitrogens with zero attached hydrogens (tertiary/aromatic N) is 2. The molecular formula is C13H24N4O2. The summed E-state index contributed by atoms with van der Waals surface area (Å²) in [5, 5.41) is 0. The maximum absolute atomic E-state index is 12.4. The average Bonchev–Trinajstić information content (AvgIpc) is 2.64. The van der Waals surface area contributed by atoms with Gasteiger partial charge in [-0.05, 0) is 19.3 Å². The van der Waals surface area contributed by atoms with Crippen LogP contribution in [0.5, 0.6) is 0 Å². The summed E-state index contributed by atoms with van der Waals surface area (Å²) in [6.45, 7) is 3.26. The Morgan fingerprint density at radius 3 is 2.47 bits per heavy atom. The number of amides is 2. The van der Waals surface area contributed by atoms with Gasteiger partial charge in [-0.25, -0.2) is 0 Å². The molecule has 6 heteroatoms. The van der Waals surface area contributed by atoms with Gasteiger partial charge >= 0.3 is 0 Å². The van der Waals surface area contributed by atoms with Crippen LogP contribution in [0.2, 0.25) is 0 Å². The summed E-state index contributed by atoms with van der Waals surface area (Å²) in [4.78, 5) is 27.3. The first-order chi connectivity index (χ1) is 9.08. The summed E-state index contributed by atoms with van der Waals surface area (Å²) in [6, 6.07) is 0.0254. The van der Waals surface area contributed by atoms with Gasteiger partial charge in [-0.3, -0.25) is 14.5 Å². The molecule has 0 radical (unpaired) electrons. The van der Waals surface area contributed by atoms with E-state index in [0.717, 1.165) is 45.3 Å². The Morgan fingerprint density at radius 2 is 1.84 bits per heavy atom. The molecule has 2 fully saturated rings. The Morgan fingerprint density at radius 1 is 1.05 bits per heavy atom. The molecule has 0 bridgehead atoms. The first kappa shape index (κ1) is 14.3. The molecule has 0 spiro atoms. The Bertz CT molecular complexity index is 348. The van der Waals surface area contributed by atoms with Crippen LogP contribution in [-0.2, 0) is 9.59 Å². The van der Waals surface area contributed by atoms with Gasteiger partial charge < -0.3 is 16.4 Å². The van der Waals surface area contributed by atoms with E-state index in [1.165, 1.54) is 0 Å². The summed E-state index contributed by atoms with van der Waals surface area (Å²) in [5.41, 5.74) is 11.2. The minimum Gasteiger partial charge on any atom is -0.369 e. The van der Waals surface area contributed by atoms with Gasteiger partial charge in [0.1, 0.15) is 0 Å². The van der Waals surface area contributed by atoms with Crippen LogP contribution in [0, 0.1) is 5.92 Å². The maximum atomic E-state index is 12.4. The maximum Gasteiger partial charge on any atom is 0.231 e. The van der Waals surface area contributed by atoms with Crippen LogP contribution in [-0.4, -0.2) is 60.4 Å². The van der Waals surface area contributed by atoms with Gasteiger partial charge in [0.2, 0.25) is 11.8 Å². The van der Waals surface area contributed by atoms with Crippen molar-refractivity contribution in [3.05, 3.63) is 0 Å². The van der Waals surface area contributed by atoms with Crippen LogP contribution < -0.4 is 11.5 Å². The van der Waals surface area contributed by atoms with Gasteiger partial charge in [0.05, 0.1) is 12.5 Å². The number of hydrogen-bond donors (Lipinski definition) is 2. The van der Waals surface area contributed by atoms with Crippen LogP contribution in [0.1, 0.15) is 25.7 Å². The van der Waals surface area contributed by atoms with E-state index in [4.69, 9.17) is 11.5 Å². The van der Waals surface area contributed by atoms with Crippen molar-refractivity contribution in [2.75, 3.05) is 32.7 Å². The van der Waals surface area contributed by atoms with E-state index in [1.807, 2.05) is 9.80 Å². The lowest BCUT2D eigenvalue weighted by atomic mass is 10.0. The van der Waals surface area contributed by atoms with Crippen LogP contribution in [0.15, 0.2) is 0 Å². The van der Waals surface area contributed by atoms with E-state index in [1.54, 1.807) is 0 Å². The zero-order valence-electron chi connectivity index (χ0n) is 11.4. The monoisotopic (exact) mass is 268 g/mol. The molecule has 1 saturated carbocycles. The van der Waals surface area contributed by atoms with Crippen LogP contribution in [0.25, 0.3) is 0 Å². The second-order valence-electron chi connectivity index (χ2n) is 5.62. The highest BCUT2D eigenvalue weighted by Crippen LogP contribution is 2.26. The number of nitrogens with two attached hydrogens (primary N) is 2. The molecule has 2 rings (SSSR count). The lowest BCUT2D eigenvalue weighted by molar-refractivity contribution is -0.135. The predicted molar refractivity (Wildman–Crippen MR) is 72.1 cm³/mol. The van der Waals surface area contributed by atoms with Crippen molar-refractivity contribution in [1.82, 2.24) is 9.80 Å². The van der Waals surface area contributed by atoms with Crippen molar-refractivity contribution < 1.29 is 9.59 Å². The number of rotatable bonds is 3. The normalized spacial score (nSPS) is 29.2. The third kappa shape index (κ3) is 3.67. The molecule has 4 N–H and O–H groups in total. The molecule has 1 saturated heterocycles. The van der Waals surface area contributed by atoms with E-state index in [2.05, 4.69) is 0 Å². The SMILES string of the molecule is NC(=O)CN1CCCN(C(=O)C2CCCC2N)CC1. The Balaban J connectivity index is 1.88. The van der Waals surface area contributed by atoms with Crippen LogP contribution in [0.3, 0.4) is 0 Å². The molecule has 2 aliphatic rings. The summed E-state index contributed by atoms with van der Waals surface area (Å²) < 4.78 is 0. The molecule has 2 unspecified atom stereocenters. The highest BCUT2D eigenvalue weighted by molar-refractivity contribution is 5.80. The standard InChI is InChI=1S/C13H24N4O2/c14-11-4-1-3-10(11)13(19)17-6-2-5-16(7-8-17)9-12(15)18/h10-11H,1-9,14H2,(H2,15,18). The molecule has 6 nitrogen and oxygen atoms in total. The topological polar surface area (TPSA) is 92.7 Å². The third-order valence-electron chi connectivity index (χ3n) is 4.17.